The van der Waals surface area contributed by atoms with E-state index in [4.69, 9.17) is 4.42 Å². The molecule has 78 valence electrons. The van der Waals surface area contributed by atoms with Crippen LogP contribution in [0.4, 0.5) is 0 Å². The summed E-state index contributed by atoms with van der Waals surface area (Å²) < 4.78 is 5.20. The Morgan fingerprint density at radius 3 is 3.00 bits per heavy atom. The van der Waals surface area contributed by atoms with Gasteiger partial charge in [-0.25, -0.2) is 4.98 Å². The fraction of sp³-hybridized carbons (Fsp3) is 0.182. The van der Waals surface area contributed by atoms with Crippen LogP contribution in [0.25, 0.3) is 0 Å². The molecule has 0 atom stereocenters. The van der Waals surface area contributed by atoms with Crippen molar-refractivity contribution in [2.45, 2.75) is 16.7 Å². The van der Waals surface area contributed by atoms with Crippen molar-refractivity contribution < 1.29 is 4.42 Å². The monoisotopic (exact) mass is 220 g/mol. The van der Waals surface area contributed by atoms with Crippen molar-refractivity contribution in [2.75, 3.05) is 7.05 Å². The van der Waals surface area contributed by atoms with Crippen LogP contribution in [0.5, 0.6) is 0 Å². The smallest absolute Gasteiger partial charge is 0.260 e. The minimum Gasteiger partial charge on any atom is -0.440 e. The van der Waals surface area contributed by atoms with Crippen molar-refractivity contribution in [1.29, 1.82) is 0 Å². The summed E-state index contributed by atoms with van der Waals surface area (Å²) in [6.45, 7) is 0.851. The predicted octanol–water partition coefficient (Wildman–Crippen LogP) is 2.55. The number of oxazole rings is 1. The summed E-state index contributed by atoms with van der Waals surface area (Å²) in [6, 6.07) is 8.22. The zero-order valence-electron chi connectivity index (χ0n) is 8.43. The zero-order valence-corrected chi connectivity index (χ0v) is 9.25. The lowest BCUT2D eigenvalue weighted by atomic mass is 10.2. The van der Waals surface area contributed by atoms with Crippen LogP contribution in [-0.4, -0.2) is 12.0 Å². The summed E-state index contributed by atoms with van der Waals surface area (Å²) in [4.78, 5) is 5.26. The Balaban J connectivity index is 2.20. The van der Waals surface area contributed by atoms with Gasteiger partial charge in [0.05, 0.1) is 6.20 Å². The van der Waals surface area contributed by atoms with E-state index in [1.807, 2.05) is 19.2 Å². The minimum atomic E-state index is 0.679. The second-order valence-corrected chi connectivity index (χ2v) is 4.03. The molecule has 0 saturated carbocycles. The van der Waals surface area contributed by atoms with Gasteiger partial charge in [0.25, 0.3) is 5.22 Å². The van der Waals surface area contributed by atoms with Gasteiger partial charge in [-0.15, -0.1) is 0 Å². The third-order valence-corrected chi connectivity index (χ3v) is 2.94. The fourth-order valence-electron chi connectivity index (χ4n) is 1.29. The molecule has 1 N–H and O–H groups in total. The van der Waals surface area contributed by atoms with Gasteiger partial charge in [-0.2, -0.15) is 0 Å². The van der Waals surface area contributed by atoms with E-state index >= 15 is 0 Å². The highest BCUT2D eigenvalue weighted by Crippen LogP contribution is 2.28. The Morgan fingerprint density at radius 1 is 1.40 bits per heavy atom. The largest absolute Gasteiger partial charge is 0.440 e. The van der Waals surface area contributed by atoms with Gasteiger partial charge < -0.3 is 9.73 Å². The molecule has 0 bridgehead atoms. The van der Waals surface area contributed by atoms with Gasteiger partial charge in [-0.3, -0.25) is 0 Å². The van der Waals surface area contributed by atoms with Crippen LogP contribution in [0, 0.1) is 0 Å². The van der Waals surface area contributed by atoms with Gasteiger partial charge in [0.2, 0.25) is 0 Å². The van der Waals surface area contributed by atoms with E-state index in [0.717, 1.165) is 6.54 Å². The lowest BCUT2D eigenvalue weighted by Crippen LogP contribution is -2.05. The molecule has 0 saturated heterocycles. The first-order valence-electron chi connectivity index (χ1n) is 4.70. The zero-order chi connectivity index (χ0) is 10.5. The van der Waals surface area contributed by atoms with Crippen molar-refractivity contribution in [3.05, 3.63) is 42.3 Å². The SMILES string of the molecule is CNCc1ccccc1Sc1ncco1. The van der Waals surface area contributed by atoms with Crippen LogP contribution in [0.1, 0.15) is 5.56 Å². The average Bonchev–Trinajstić information content (AvgIpc) is 2.74. The maximum atomic E-state index is 5.20. The lowest BCUT2D eigenvalue weighted by Gasteiger charge is -2.05. The van der Waals surface area contributed by atoms with Crippen molar-refractivity contribution in [2.24, 2.45) is 0 Å². The molecule has 1 aromatic heterocycles. The van der Waals surface area contributed by atoms with Crippen molar-refractivity contribution >= 4 is 11.8 Å². The third kappa shape index (κ3) is 2.61. The Morgan fingerprint density at radius 2 is 2.27 bits per heavy atom. The van der Waals surface area contributed by atoms with Crippen LogP contribution in [0.15, 0.2) is 51.3 Å². The first kappa shape index (κ1) is 10.3. The maximum Gasteiger partial charge on any atom is 0.260 e. The Labute approximate surface area is 92.9 Å². The van der Waals surface area contributed by atoms with Gasteiger partial charge in [0, 0.05) is 11.4 Å². The molecule has 2 aromatic rings. The summed E-state index contributed by atoms with van der Waals surface area (Å²) >= 11 is 1.54. The van der Waals surface area contributed by atoms with Gasteiger partial charge in [0.15, 0.2) is 0 Å². The molecule has 0 aliphatic carbocycles. The molecule has 1 aromatic carbocycles. The molecule has 0 amide bonds. The van der Waals surface area contributed by atoms with Gasteiger partial charge >= 0.3 is 0 Å². The highest BCUT2D eigenvalue weighted by atomic mass is 32.2. The number of hydrogen-bond acceptors (Lipinski definition) is 4. The summed E-state index contributed by atoms with van der Waals surface area (Å²) in [5.41, 5.74) is 1.25. The molecule has 0 aliphatic rings. The lowest BCUT2D eigenvalue weighted by molar-refractivity contribution is 0.454. The van der Waals surface area contributed by atoms with Gasteiger partial charge in [-0.05, 0) is 30.4 Å². The number of nitrogens with zero attached hydrogens (tertiary/aromatic N) is 1. The number of rotatable bonds is 4. The average molecular weight is 220 g/mol. The predicted molar refractivity (Wildman–Crippen MR) is 59.8 cm³/mol. The number of aromatic nitrogens is 1. The molecule has 0 radical (unpaired) electrons. The number of nitrogens with one attached hydrogen (secondary N) is 1. The van der Waals surface area contributed by atoms with Crippen molar-refractivity contribution in [3.63, 3.8) is 0 Å². The fourth-order valence-corrected chi connectivity index (χ4v) is 2.12. The van der Waals surface area contributed by atoms with Gasteiger partial charge in [-0.1, -0.05) is 18.2 Å². The van der Waals surface area contributed by atoms with Crippen molar-refractivity contribution in [3.8, 4) is 0 Å². The van der Waals surface area contributed by atoms with E-state index in [0.29, 0.717) is 5.22 Å². The Bertz CT molecular complexity index is 414. The van der Waals surface area contributed by atoms with Crippen LogP contribution in [0.3, 0.4) is 0 Å². The highest BCUT2D eigenvalue weighted by Gasteiger charge is 2.05. The standard InChI is InChI=1S/C11H12N2OS/c1-12-8-9-4-2-3-5-10(9)15-11-13-6-7-14-11/h2-7,12H,8H2,1H3. The van der Waals surface area contributed by atoms with E-state index in [1.165, 1.54) is 10.5 Å². The van der Waals surface area contributed by atoms with Crippen LogP contribution < -0.4 is 5.32 Å². The summed E-state index contributed by atoms with van der Waals surface area (Å²) in [5.74, 6) is 0. The third-order valence-electron chi connectivity index (χ3n) is 1.95. The minimum absolute atomic E-state index is 0.679. The molecule has 0 unspecified atom stereocenters. The molecule has 0 spiro atoms. The van der Waals surface area contributed by atoms with Crippen molar-refractivity contribution in [1.82, 2.24) is 10.3 Å². The topological polar surface area (TPSA) is 38.1 Å². The molecule has 0 fully saturated rings. The molecule has 15 heavy (non-hydrogen) atoms. The van der Waals surface area contributed by atoms with Gasteiger partial charge in [0.1, 0.15) is 6.26 Å². The van der Waals surface area contributed by atoms with Crippen LogP contribution in [-0.2, 0) is 6.54 Å². The molecular weight excluding hydrogens is 208 g/mol. The first-order valence-corrected chi connectivity index (χ1v) is 5.51. The molecule has 3 nitrogen and oxygen atoms in total. The molecule has 4 heteroatoms. The maximum absolute atomic E-state index is 5.20. The molecule has 0 aliphatic heterocycles. The van der Waals surface area contributed by atoms with E-state index in [9.17, 15) is 0 Å². The summed E-state index contributed by atoms with van der Waals surface area (Å²) in [6.07, 6.45) is 3.24. The van der Waals surface area contributed by atoms with E-state index in [2.05, 4.69) is 22.4 Å². The first-order chi connectivity index (χ1) is 7.40. The summed E-state index contributed by atoms with van der Waals surface area (Å²) in [5, 5.41) is 3.82. The van der Waals surface area contributed by atoms with Crippen LogP contribution >= 0.6 is 11.8 Å². The molecule has 2 rings (SSSR count). The normalized spacial score (nSPS) is 10.5. The summed E-state index contributed by atoms with van der Waals surface area (Å²) in [7, 11) is 1.94. The van der Waals surface area contributed by atoms with Crippen LogP contribution in [0.2, 0.25) is 0 Å². The highest BCUT2D eigenvalue weighted by molar-refractivity contribution is 7.99. The number of hydrogen-bond donors (Lipinski definition) is 1. The van der Waals surface area contributed by atoms with E-state index in [1.54, 1.807) is 24.2 Å². The van der Waals surface area contributed by atoms with E-state index in [-0.39, 0.29) is 0 Å². The Kier molecular flexibility index (Phi) is 3.42. The second kappa shape index (κ2) is 5.00. The van der Waals surface area contributed by atoms with E-state index < -0.39 is 0 Å². The number of benzene rings is 1. The quantitative estimate of drug-likeness (QED) is 0.859. The Hall–Kier alpha value is -1.26. The second-order valence-electron chi connectivity index (χ2n) is 3.04. The molecular formula is C11H12N2OS. The molecule has 1 heterocycles.